The van der Waals surface area contributed by atoms with Crippen molar-refractivity contribution in [1.82, 2.24) is 4.90 Å². The van der Waals surface area contributed by atoms with Gasteiger partial charge in [-0.05, 0) is 41.5 Å². The molecule has 0 aliphatic carbocycles. The van der Waals surface area contributed by atoms with Crippen LogP contribution >= 0.6 is 0 Å². The normalized spacial score (nSPS) is 10.6. The fourth-order valence-corrected chi connectivity index (χ4v) is 2.60. The van der Waals surface area contributed by atoms with Crippen molar-refractivity contribution in [2.24, 2.45) is 0 Å². The van der Waals surface area contributed by atoms with Gasteiger partial charge >= 0.3 is 5.97 Å². The molecule has 7 nitrogen and oxygen atoms in total. The number of likely N-dealkylation sites (N-methyl/N-ethyl adjacent to an activating group) is 1. The second-order valence-electron chi connectivity index (χ2n) is 6.28. The lowest BCUT2D eigenvalue weighted by Gasteiger charge is -2.17. The van der Waals surface area contributed by atoms with E-state index in [2.05, 4.69) is 0 Å². The van der Waals surface area contributed by atoms with Crippen LogP contribution < -0.4 is 14.2 Å². The average Bonchev–Trinajstić information content (AvgIpc) is 2.76. The summed E-state index contributed by atoms with van der Waals surface area (Å²) in [6.45, 7) is -0.131. The highest BCUT2D eigenvalue weighted by Crippen LogP contribution is 2.38. The van der Waals surface area contributed by atoms with Gasteiger partial charge in [0.2, 0.25) is 5.75 Å². The number of carbonyl (C=O) groups is 2. The molecule has 0 N–H and O–H groups in total. The largest absolute Gasteiger partial charge is 0.493 e. The molecule has 8 heteroatoms. The lowest BCUT2D eigenvalue weighted by Crippen LogP contribution is -2.30. The quantitative estimate of drug-likeness (QED) is 0.461. The number of hydrogen-bond acceptors (Lipinski definition) is 6. The first-order valence-corrected chi connectivity index (χ1v) is 9.01. The maximum atomic E-state index is 12.9. The molecule has 0 fully saturated rings. The number of rotatable bonds is 9. The van der Waals surface area contributed by atoms with Crippen molar-refractivity contribution >= 4 is 18.0 Å². The molecule has 0 bridgehead atoms. The molecule has 2 aromatic carbocycles. The molecule has 0 aliphatic rings. The van der Waals surface area contributed by atoms with E-state index < -0.39 is 12.6 Å². The first-order valence-electron chi connectivity index (χ1n) is 9.01. The van der Waals surface area contributed by atoms with E-state index in [1.54, 1.807) is 31.3 Å². The molecule has 2 aromatic rings. The van der Waals surface area contributed by atoms with Crippen molar-refractivity contribution in [2.75, 3.05) is 35.0 Å². The van der Waals surface area contributed by atoms with Gasteiger partial charge in [-0.15, -0.1) is 0 Å². The van der Waals surface area contributed by atoms with E-state index in [4.69, 9.17) is 18.9 Å². The number of carbonyl (C=O) groups excluding carboxylic acids is 2. The Morgan fingerprint density at radius 3 is 2.13 bits per heavy atom. The van der Waals surface area contributed by atoms with Gasteiger partial charge in [0.15, 0.2) is 18.1 Å². The van der Waals surface area contributed by atoms with Crippen LogP contribution in [0.2, 0.25) is 0 Å². The van der Waals surface area contributed by atoms with E-state index in [-0.39, 0.29) is 18.3 Å². The van der Waals surface area contributed by atoms with E-state index in [0.717, 1.165) is 5.56 Å². The topological polar surface area (TPSA) is 74.3 Å². The molecule has 0 aromatic heterocycles. The summed E-state index contributed by atoms with van der Waals surface area (Å²) < 4.78 is 33.7. The maximum Gasteiger partial charge on any atom is 0.331 e. The number of esters is 1. The van der Waals surface area contributed by atoms with Gasteiger partial charge in [-0.1, -0.05) is 12.1 Å². The Morgan fingerprint density at radius 2 is 1.60 bits per heavy atom. The second-order valence-corrected chi connectivity index (χ2v) is 6.28. The molecule has 160 valence electrons. The van der Waals surface area contributed by atoms with E-state index in [1.165, 1.54) is 50.5 Å². The number of benzene rings is 2. The third kappa shape index (κ3) is 6.23. The molecule has 1 amide bonds. The van der Waals surface area contributed by atoms with Crippen LogP contribution in [-0.2, 0) is 20.9 Å². The third-order valence-electron chi connectivity index (χ3n) is 4.20. The number of ether oxygens (including phenoxy) is 4. The Morgan fingerprint density at radius 1 is 1.00 bits per heavy atom. The van der Waals surface area contributed by atoms with E-state index in [0.29, 0.717) is 22.8 Å². The maximum absolute atomic E-state index is 12.9. The molecule has 0 heterocycles. The van der Waals surface area contributed by atoms with Crippen LogP contribution in [0.1, 0.15) is 11.1 Å². The van der Waals surface area contributed by atoms with Gasteiger partial charge in [0.1, 0.15) is 5.82 Å². The highest BCUT2D eigenvalue weighted by atomic mass is 19.1. The van der Waals surface area contributed by atoms with Gasteiger partial charge in [0.05, 0.1) is 21.3 Å². The Labute approximate surface area is 174 Å². The van der Waals surface area contributed by atoms with Crippen LogP contribution in [0.25, 0.3) is 6.08 Å². The van der Waals surface area contributed by atoms with Gasteiger partial charge in [0, 0.05) is 19.7 Å². The molecule has 0 aliphatic heterocycles. The van der Waals surface area contributed by atoms with Crippen LogP contribution in [0.5, 0.6) is 17.2 Å². The van der Waals surface area contributed by atoms with E-state index in [1.807, 2.05) is 0 Å². The van der Waals surface area contributed by atoms with Crippen LogP contribution in [0.3, 0.4) is 0 Å². The third-order valence-corrected chi connectivity index (χ3v) is 4.20. The van der Waals surface area contributed by atoms with Crippen molar-refractivity contribution in [3.8, 4) is 17.2 Å². The molecule has 0 unspecified atom stereocenters. The fourth-order valence-electron chi connectivity index (χ4n) is 2.60. The van der Waals surface area contributed by atoms with Crippen molar-refractivity contribution in [3.05, 3.63) is 59.4 Å². The van der Waals surface area contributed by atoms with Crippen molar-refractivity contribution in [3.63, 3.8) is 0 Å². The molecule has 0 radical (unpaired) electrons. The van der Waals surface area contributed by atoms with Crippen molar-refractivity contribution < 1.29 is 32.9 Å². The predicted molar refractivity (Wildman–Crippen MR) is 109 cm³/mol. The van der Waals surface area contributed by atoms with Gasteiger partial charge in [-0.3, -0.25) is 4.79 Å². The number of methoxy groups -OCH3 is 3. The summed E-state index contributed by atoms with van der Waals surface area (Å²) >= 11 is 0. The lowest BCUT2D eigenvalue weighted by atomic mass is 10.1. The standard InChI is InChI=1S/C22H24FNO6/c1-24(13-15-5-8-17(23)9-6-15)20(25)14-30-21(26)10-7-16-11-18(27-2)22(29-4)19(12-16)28-3/h5-12H,13-14H2,1-4H3/b10-7+. The highest BCUT2D eigenvalue weighted by molar-refractivity contribution is 5.89. The summed E-state index contributed by atoms with van der Waals surface area (Å²) in [4.78, 5) is 25.5. The first-order chi connectivity index (χ1) is 14.4. The predicted octanol–water partition coefficient (Wildman–Crippen LogP) is 3.07. The van der Waals surface area contributed by atoms with Crippen LogP contribution in [-0.4, -0.2) is 51.8 Å². The highest BCUT2D eigenvalue weighted by Gasteiger charge is 2.13. The SMILES string of the molecule is COc1cc(/C=C/C(=O)OCC(=O)N(C)Cc2ccc(F)cc2)cc(OC)c1OC. The van der Waals surface area contributed by atoms with Crippen molar-refractivity contribution in [2.45, 2.75) is 6.54 Å². The summed E-state index contributed by atoms with van der Waals surface area (Å²) in [5, 5.41) is 0. The molecular formula is C22H24FNO6. The smallest absolute Gasteiger partial charge is 0.331 e. The summed E-state index contributed by atoms with van der Waals surface area (Å²) in [7, 11) is 6.06. The lowest BCUT2D eigenvalue weighted by molar-refractivity contribution is -0.147. The van der Waals surface area contributed by atoms with Crippen molar-refractivity contribution in [1.29, 1.82) is 0 Å². The molecule has 2 rings (SSSR count). The Hall–Kier alpha value is -3.55. The fraction of sp³-hybridized carbons (Fsp3) is 0.273. The summed E-state index contributed by atoms with van der Waals surface area (Å²) in [5.74, 6) is -0.0684. The second kappa shape index (κ2) is 10.8. The molecular weight excluding hydrogens is 393 g/mol. The van der Waals surface area contributed by atoms with E-state index in [9.17, 15) is 14.0 Å². The summed E-state index contributed by atoms with van der Waals surface area (Å²) in [6, 6.07) is 9.17. The first kappa shape index (κ1) is 22.7. The number of halogens is 1. The minimum atomic E-state index is -0.674. The zero-order valence-corrected chi connectivity index (χ0v) is 17.3. The average molecular weight is 417 g/mol. The zero-order valence-electron chi connectivity index (χ0n) is 17.3. The van der Waals surface area contributed by atoms with Gasteiger partial charge in [-0.2, -0.15) is 0 Å². The molecule has 0 atom stereocenters. The Bertz CT molecular complexity index is 885. The summed E-state index contributed by atoms with van der Waals surface area (Å²) in [6.07, 6.45) is 2.72. The van der Waals surface area contributed by atoms with E-state index >= 15 is 0 Å². The molecule has 0 spiro atoms. The number of nitrogens with zero attached hydrogens (tertiary/aromatic N) is 1. The zero-order chi connectivity index (χ0) is 22.1. The molecule has 0 saturated heterocycles. The van der Waals surface area contributed by atoms with Gasteiger partial charge in [0.25, 0.3) is 5.91 Å². The van der Waals surface area contributed by atoms with Gasteiger partial charge in [-0.25, -0.2) is 9.18 Å². The Kier molecular flexibility index (Phi) is 8.22. The minimum absolute atomic E-state index is 0.276. The number of hydrogen-bond donors (Lipinski definition) is 0. The molecule has 30 heavy (non-hydrogen) atoms. The molecule has 0 saturated carbocycles. The number of amides is 1. The Balaban J connectivity index is 1.92. The monoisotopic (exact) mass is 417 g/mol. The minimum Gasteiger partial charge on any atom is -0.493 e. The van der Waals surface area contributed by atoms with Gasteiger partial charge < -0.3 is 23.8 Å². The van der Waals surface area contributed by atoms with Crippen LogP contribution in [0.4, 0.5) is 4.39 Å². The summed E-state index contributed by atoms with van der Waals surface area (Å²) in [5.41, 5.74) is 1.39. The van der Waals surface area contributed by atoms with Crippen LogP contribution in [0.15, 0.2) is 42.5 Å². The van der Waals surface area contributed by atoms with Crippen LogP contribution in [0, 0.1) is 5.82 Å².